The minimum absolute atomic E-state index is 0.471. The van der Waals surface area contributed by atoms with Gasteiger partial charge in [0.1, 0.15) is 0 Å². The molecule has 1 aliphatic rings. The van der Waals surface area contributed by atoms with Crippen LogP contribution in [-0.2, 0) is 5.41 Å². The molecular weight excluding hydrogens is 891 g/mol. The van der Waals surface area contributed by atoms with Gasteiger partial charge in [0.25, 0.3) is 0 Å². The molecule has 0 bridgehead atoms. The van der Waals surface area contributed by atoms with Gasteiger partial charge in [0.2, 0.25) is 0 Å². The van der Waals surface area contributed by atoms with Crippen molar-refractivity contribution < 1.29 is 0 Å². The normalized spacial score (nSPS) is 12.7. The molecule has 0 heterocycles. The van der Waals surface area contributed by atoms with Crippen LogP contribution in [-0.4, -0.2) is 0 Å². The van der Waals surface area contributed by atoms with E-state index in [1.165, 1.54) is 120 Å². The average molecular weight is 938 g/mol. The molecule has 0 atom stereocenters. The van der Waals surface area contributed by atoms with E-state index in [0.29, 0.717) is 0 Å². The fraction of sp³-hybridized carbons (Fsp3) is 0.0137. The Bertz CT molecular complexity index is 4420. The van der Waals surface area contributed by atoms with E-state index in [2.05, 4.69) is 290 Å². The molecule has 1 aliphatic carbocycles. The topological polar surface area (TPSA) is 3.24 Å². The fourth-order valence-electron chi connectivity index (χ4n) is 13.0. The number of nitrogens with zero attached hydrogens (tertiary/aromatic N) is 1. The van der Waals surface area contributed by atoms with Crippen LogP contribution in [0.3, 0.4) is 0 Å². The molecule has 1 heteroatoms. The Morgan fingerprint density at radius 2 is 0.676 bits per heavy atom. The molecule has 344 valence electrons. The van der Waals surface area contributed by atoms with Gasteiger partial charge in [-0.3, -0.25) is 0 Å². The third-order valence-corrected chi connectivity index (χ3v) is 16.1. The number of hydrogen-bond donors (Lipinski definition) is 0. The molecule has 0 N–H and O–H groups in total. The van der Waals surface area contributed by atoms with Crippen molar-refractivity contribution in [3.8, 4) is 33.4 Å². The van der Waals surface area contributed by atoms with Crippen molar-refractivity contribution in [3.05, 3.63) is 307 Å². The SMILES string of the molecule is c1ccc(C2(c3ccccc3)c3ccccc3-c3cc(-c4c5ccccc5c(-c5ccc(N(c6cccc7ccccc67)c6cccc7ccccc67)c6ccccc56)c5cc6ccccc6cc45)ccc32)cc1. The molecule has 0 saturated carbocycles. The van der Waals surface area contributed by atoms with E-state index in [1.807, 2.05) is 0 Å². The summed E-state index contributed by atoms with van der Waals surface area (Å²) in [4.78, 5) is 2.50. The van der Waals surface area contributed by atoms with Gasteiger partial charge < -0.3 is 4.90 Å². The first-order valence-corrected chi connectivity index (χ1v) is 25.7. The van der Waals surface area contributed by atoms with E-state index in [4.69, 9.17) is 0 Å². The Kier molecular flexibility index (Phi) is 9.55. The molecule has 0 fully saturated rings. The summed E-state index contributed by atoms with van der Waals surface area (Å²) in [5.41, 5.74) is 15.6. The van der Waals surface area contributed by atoms with Crippen molar-refractivity contribution in [2.24, 2.45) is 0 Å². The van der Waals surface area contributed by atoms with Gasteiger partial charge >= 0.3 is 0 Å². The summed E-state index contributed by atoms with van der Waals surface area (Å²) in [5.74, 6) is 0. The van der Waals surface area contributed by atoms with Crippen molar-refractivity contribution in [1.82, 2.24) is 0 Å². The lowest BCUT2D eigenvalue weighted by molar-refractivity contribution is 0.768. The van der Waals surface area contributed by atoms with Gasteiger partial charge in [-0.2, -0.15) is 0 Å². The first-order valence-electron chi connectivity index (χ1n) is 25.7. The molecule has 1 nitrogen and oxygen atoms in total. The highest BCUT2D eigenvalue weighted by atomic mass is 15.1. The number of benzene rings is 14. The Balaban J connectivity index is 1.00. The zero-order chi connectivity index (χ0) is 48.7. The highest BCUT2D eigenvalue weighted by Gasteiger charge is 2.46. The van der Waals surface area contributed by atoms with Gasteiger partial charge in [-0.15, -0.1) is 0 Å². The van der Waals surface area contributed by atoms with Gasteiger partial charge in [0, 0.05) is 16.2 Å². The second kappa shape index (κ2) is 16.8. The summed E-state index contributed by atoms with van der Waals surface area (Å²) in [6.45, 7) is 0. The molecule has 0 spiro atoms. The Labute approximate surface area is 430 Å². The van der Waals surface area contributed by atoms with E-state index in [-0.39, 0.29) is 0 Å². The third-order valence-electron chi connectivity index (χ3n) is 16.1. The van der Waals surface area contributed by atoms with Crippen molar-refractivity contribution in [2.45, 2.75) is 5.41 Å². The maximum absolute atomic E-state index is 2.50. The van der Waals surface area contributed by atoms with E-state index in [0.717, 1.165) is 17.1 Å². The summed E-state index contributed by atoms with van der Waals surface area (Å²) in [5, 5.41) is 14.6. The van der Waals surface area contributed by atoms with Crippen LogP contribution < -0.4 is 4.90 Å². The average Bonchev–Trinajstić information content (AvgIpc) is 3.86. The zero-order valence-electron chi connectivity index (χ0n) is 40.6. The number of rotatable bonds is 7. The van der Waals surface area contributed by atoms with Crippen molar-refractivity contribution in [2.75, 3.05) is 4.90 Å². The summed E-state index contributed by atoms with van der Waals surface area (Å²) >= 11 is 0. The van der Waals surface area contributed by atoms with Crippen LogP contribution in [0.5, 0.6) is 0 Å². The molecule has 0 saturated heterocycles. The minimum Gasteiger partial charge on any atom is -0.309 e. The summed E-state index contributed by atoms with van der Waals surface area (Å²) in [6, 6.07) is 106. The van der Waals surface area contributed by atoms with E-state index < -0.39 is 5.41 Å². The maximum Gasteiger partial charge on any atom is 0.0713 e. The molecule has 14 aromatic carbocycles. The Morgan fingerprint density at radius 3 is 1.30 bits per heavy atom. The Morgan fingerprint density at radius 1 is 0.230 bits per heavy atom. The monoisotopic (exact) mass is 937 g/mol. The molecular formula is C73H47N. The predicted molar refractivity (Wildman–Crippen MR) is 314 cm³/mol. The highest BCUT2D eigenvalue weighted by molar-refractivity contribution is 6.26. The van der Waals surface area contributed by atoms with Crippen molar-refractivity contribution in [3.63, 3.8) is 0 Å². The summed E-state index contributed by atoms with van der Waals surface area (Å²) in [7, 11) is 0. The van der Waals surface area contributed by atoms with Crippen LogP contribution in [0.2, 0.25) is 0 Å². The van der Waals surface area contributed by atoms with Crippen molar-refractivity contribution in [1.29, 1.82) is 0 Å². The second-order valence-corrected chi connectivity index (χ2v) is 19.8. The van der Waals surface area contributed by atoms with Crippen LogP contribution in [0, 0.1) is 0 Å². The van der Waals surface area contributed by atoms with Crippen LogP contribution in [0.15, 0.2) is 285 Å². The van der Waals surface area contributed by atoms with E-state index in [9.17, 15) is 0 Å². The largest absolute Gasteiger partial charge is 0.309 e. The van der Waals surface area contributed by atoms with Crippen LogP contribution in [0.4, 0.5) is 17.1 Å². The van der Waals surface area contributed by atoms with E-state index >= 15 is 0 Å². The van der Waals surface area contributed by atoms with Gasteiger partial charge in [-0.25, -0.2) is 0 Å². The molecule has 0 aliphatic heterocycles. The fourth-order valence-corrected chi connectivity index (χ4v) is 13.0. The van der Waals surface area contributed by atoms with Gasteiger partial charge in [-0.05, 0) is 141 Å². The van der Waals surface area contributed by atoms with Gasteiger partial charge in [-0.1, -0.05) is 249 Å². The standard InChI is InChI=1S/C73H47N/c1-3-27-53(28-4-1)73(54-29-5-2-6-30-54)66-38-18-17-34-58(66)63-47-52(41-43-67(63)73)71-60-36-15-16-37-61(60)72(65-46-51-24-8-7-23-50(51)45-64(65)71)62-42-44-70(59-35-14-13-33-57(59)62)74(68-39-19-25-48-21-9-11-31-55(48)68)69-40-20-26-49-22-10-12-32-56(49)69/h1-47H. The van der Waals surface area contributed by atoms with Gasteiger partial charge in [0.15, 0.2) is 0 Å². The molecule has 15 rings (SSSR count). The minimum atomic E-state index is -0.471. The zero-order valence-corrected chi connectivity index (χ0v) is 40.6. The number of hydrogen-bond acceptors (Lipinski definition) is 1. The van der Waals surface area contributed by atoms with E-state index in [1.54, 1.807) is 0 Å². The lowest BCUT2D eigenvalue weighted by atomic mass is 9.67. The smallest absolute Gasteiger partial charge is 0.0713 e. The molecule has 0 unspecified atom stereocenters. The van der Waals surface area contributed by atoms with Gasteiger partial charge in [0.05, 0.1) is 22.5 Å². The summed E-state index contributed by atoms with van der Waals surface area (Å²) < 4.78 is 0. The second-order valence-electron chi connectivity index (χ2n) is 19.8. The van der Waals surface area contributed by atoms with Crippen molar-refractivity contribution >= 4 is 81.7 Å². The lowest BCUT2D eigenvalue weighted by Gasteiger charge is -2.34. The third kappa shape index (κ3) is 6.23. The predicted octanol–water partition coefficient (Wildman–Crippen LogP) is 19.8. The number of fused-ring (bicyclic) bond motifs is 9. The lowest BCUT2D eigenvalue weighted by Crippen LogP contribution is -2.28. The van der Waals surface area contributed by atoms with Crippen LogP contribution in [0.1, 0.15) is 22.3 Å². The highest BCUT2D eigenvalue weighted by Crippen LogP contribution is 2.58. The quantitative estimate of drug-likeness (QED) is 0.144. The molecule has 74 heavy (non-hydrogen) atoms. The molecule has 14 aromatic rings. The Hall–Kier alpha value is -9.56. The number of anilines is 3. The van der Waals surface area contributed by atoms with Crippen LogP contribution >= 0.6 is 0 Å². The molecule has 0 radical (unpaired) electrons. The first-order chi connectivity index (χ1) is 36.7. The summed E-state index contributed by atoms with van der Waals surface area (Å²) in [6.07, 6.45) is 0. The maximum atomic E-state index is 2.50. The molecule has 0 aromatic heterocycles. The first kappa shape index (κ1) is 42.2. The van der Waals surface area contributed by atoms with Crippen LogP contribution in [0.25, 0.3) is 98.0 Å². The molecule has 0 amide bonds.